The third-order valence-corrected chi connectivity index (χ3v) is 6.16. The molecule has 184 valence electrons. The monoisotopic (exact) mass is 485 g/mol. The summed E-state index contributed by atoms with van der Waals surface area (Å²) in [5.74, 6) is -1.79. The van der Waals surface area contributed by atoms with Crippen molar-refractivity contribution in [1.29, 1.82) is 0 Å². The second-order valence-electron chi connectivity index (χ2n) is 8.53. The van der Waals surface area contributed by atoms with E-state index in [1.54, 1.807) is 62.6 Å². The van der Waals surface area contributed by atoms with Crippen LogP contribution in [-0.4, -0.2) is 36.5 Å². The van der Waals surface area contributed by atoms with Crippen LogP contribution in [0.1, 0.15) is 45.6 Å². The summed E-state index contributed by atoms with van der Waals surface area (Å²) in [5, 5.41) is 11.4. The van der Waals surface area contributed by atoms with Crippen LogP contribution < -0.4 is 9.64 Å². The molecule has 1 amide bonds. The van der Waals surface area contributed by atoms with Crippen molar-refractivity contribution in [3.8, 4) is 5.75 Å². The standard InChI is InChI=1S/C29H27NO6/c1-5-36-29(34)20-7-6-8-21(16-20)30-25(19-11-13-22(35-4)14-12-19)24(27(32)28(30)33)26(31)23-15-17(2)9-10-18(23)3/h6-16,25,31H,5H2,1-4H3/b26-24+. The molecule has 1 heterocycles. The third kappa shape index (κ3) is 4.47. The van der Waals surface area contributed by atoms with Crippen molar-refractivity contribution in [2.24, 2.45) is 0 Å². The largest absolute Gasteiger partial charge is 0.507 e. The number of anilines is 1. The molecule has 1 atom stereocenters. The average Bonchev–Trinajstić information content (AvgIpc) is 3.15. The molecular weight excluding hydrogens is 458 g/mol. The smallest absolute Gasteiger partial charge is 0.338 e. The van der Waals surface area contributed by atoms with Gasteiger partial charge in [0.15, 0.2) is 0 Å². The van der Waals surface area contributed by atoms with E-state index in [1.165, 1.54) is 11.0 Å². The lowest BCUT2D eigenvalue weighted by Gasteiger charge is -2.26. The number of ether oxygens (including phenoxy) is 2. The lowest BCUT2D eigenvalue weighted by Crippen LogP contribution is -2.29. The van der Waals surface area contributed by atoms with Gasteiger partial charge in [0.05, 0.1) is 30.9 Å². The average molecular weight is 486 g/mol. The van der Waals surface area contributed by atoms with Crippen LogP contribution in [0.4, 0.5) is 5.69 Å². The van der Waals surface area contributed by atoms with Crippen LogP contribution in [0.5, 0.6) is 5.75 Å². The highest BCUT2D eigenvalue weighted by molar-refractivity contribution is 6.51. The Labute approximate surface area is 209 Å². The van der Waals surface area contributed by atoms with Crippen molar-refractivity contribution < 1.29 is 29.0 Å². The van der Waals surface area contributed by atoms with Crippen LogP contribution in [0.3, 0.4) is 0 Å². The van der Waals surface area contributed by atoms with Crippen LogP contribution in [0, 0.1) is 13.8 Å². The number of nitrogens with zero attached hydrogens (tertiary/aromatic N) is 1. The number of carbonyl (C=O) groups excluding carboxylic acids is 3. The van der Waals surface area contributed by atoms with E-state index in [0.717, 1.165) is 11.1 Å². The maximum absolute atomic E-state index is 13.4. The number of hydrogen-bond acceptors (Lipinski definition) is 6. The van der Waals surface area contributed by atoms with Crippen LogP contribution in [0.25, 0.3) is 5.76 Å². The molecule has 1 saturated heterocycles. The SMILES string of the molecule is CCOC(=O)c1cccc(N2C(=O)C(=O)/C(=C(/O)c3cc(C)ccc3C)C2c2ccc(OC)cc2)c1. The van der Waals surface area contributed by atoms with E-state index in [0.29, 0.717) is 22.6 Å². The Morgan fingerprint density at radius 3 is 2.39 bits per heavy atom. The highest BCUT2D eigenvalue weighted by atomic mass is 16.5. The highest BCUT2D eigenvalue weighted by Gasteiger charge is 2.47. The van der Waals surface area contributed by atoms with Crippen molar-refractivity contribution >= 4 is 29.1 Å². The Balaban J connectivity index is 1.94. The minimum Gasteiger partial charge on any atom is -0.507 e. The number of amides is 1. The van der Waals surface area contributed by atoms with Crippen molar-refractivity contribution in [3.63, 3.8) is 0 Å². The Morgan fingerprint density at radius 2 is 1.72 bits per heavy atom. The van der Waals surface area contributed by atoms with Gasteiger partial charge < -0.3 is 14.6 Å². The van der Waals surface area contributed by atoms with Crippen LogP contribution in [0.2, 0.25) is 0 Å². The molecule has 1 unspecified atom stereocenters. The highest BCUT2D eigenvalue weighted by Crippen LogP contribution is 2.43. The van der Waals surface area contributed by atoms with Gasteiger partial charge in [-0.15, -0.1) is 0 Å². The molecule has 1 N–H and O–H groups in total. The summed E-state index contributed by atoms with van der Waals surface area (Å²) in [6, 6.07) is 17.9. The molecule has 0 bridgehead atoms. The second-order valence-corrected chi connectivity index (χ2v) is 8.53. The van der Waals surface area contributed by atoms with Crippen LogP contribution >= 0.6 is 0 Å². The van der Waals surface area contributed by atoms with Crippen molar-refractivity contribution in [2.75, 3.05) is 18.6 Å². The molecule has 3 aromatic carbocycles. The van der Waals surface area contributed by atoms with E-state index in [4.69, 9.17) is 9.47 Å². The first-order chi connectivity index (χ1) is 17.3. The number of methoxy groups -OCH3 is 1. The Hall–Kier alpha value is -4.39. The van der Waals surface area contributed by atoms with E-state index >= 15 is 0 Å². The Morgan fingerprint density at radius 1 is 1.00 bits per heavy atom. The maximum Gasteiger partial charge on any atom is 0.338 e. The molecule has 1 aliphatic heterocycles. The molecule has 0 aliphatic carbocycles. The summed E-state index contributed by atoms with van der Waals surface area (Å²) >= 11 is 0. The lowest BCUT2D eigenvalue weighted by molar-refractivity contribution is -0.132. The zero-order valence-corrected chi connectivity index (χ0v) is 20.6. The molecule has 7 heteroatoms. The van der Waals surface area contributed by atoms with E-state index < -0.39 is 23.7 Å². The van der Waals surface area contributed by atoms with Gasteiger partial charge in [-0.3, -0.25) is 14.5 Å². The van der Waals surface area contributed by atoms with Crippen LogP contribution in [-0.2, 0) is 14.3 Å². The number of rotatable bonds is 6. The van der Waals surface area contributed by atoms with Crippen molar-refractivity contribution in [2.45, 2.75) is 26.8 Å². The summed E-state index contributed by atoms with van der Waals surface area (Å²) in [7, 11) is 1.54. The summed E-state index contributed by atoms with van der Waals surface area (Å²) in [6.07, 6.45) is 0. The van der Waals surface area contributed by atoms with Gasteiger partial charge >= 0.3 is 5.97 Å². The Kier molecular flexibility index (Phi) is 6.92. The number of carbonyl (C=O) groups is 3. The molecule has 0 spiro atoms. The number of esters is 1. The molecule has 0 saturated carbocycles. The predicted octanol–water partition coefficient (Wildman–Crippen LogP) is 5.12. The minimum atomic E-state index is -0.923. The van der Waals surface area contributed by atoms with Gasteiger partial charge in [-0.25, -0.2) is 4.79 Å². The first-order valence-electron chi connectivity index (χ1n) is 11.6. The molecule has 1 aliphatic rings. The number of ketones is 1. The van der Waals surface area contributed by atoms with Crippen LogP contribution in [0.15, 0.2) is 72.3 Å². The molecule has 36 heavy (non-hydrogen) atoms. The molecular formula is C29H27NO6. The number of aliphatic hydroxyl groups excluding tert-OH is 1. The summed E-state index contributed by atoms with van der Waals surface area (Å²) in [4.78, 5) is 40.5. The number of aryl methyl sites for hydroxylation is 2. The van der Waals surface area contributed by atoms with Gasteiger partial charge in [-0.1, -0.05) is 35.9 Å². The van der Waals surface area contributed by atoms with Gasteiger partial charge in [-0.05, 0) is 68.3 Å². The number of hydrogen-bond donors (Lipinski definition) is 1. The number of Topliss-reactive ketones (excluding diaryl/α,β-unsaturated/α-hetero) is 1. The predicted molar refractivity (Wildman–Crippen MR) is 136 cm³/mol. The van der Waals surface area contributed by atoms with Gasteiger partial charge in [-0.2, -0.15) is 0 Å². The van der Waals surface area contributed by atoms with Crippen molar-refractivity contribution in [3.05, 3.63) is 100 Å². The lowest BCUT2D eigenvalue weighted by atomic mass is 9.93. The fourth-order valence-corrected chi connectivity index (χ4v) is 4.33. The maximum atomic E-state index is 13.4. The van der Waals surface area contributed by atoms with Gasteiger partial charge in [0, 0.05) is 11.3 Å². The molecule has 7 nitrogen and oxygen atoms in total. The molecule has 1 fully saturated rings. The molecule has 3 aromatic rings. The summed E-state index contributed by atoms with van der Waals surface area (Å²) < 4.78 is 10.4. The van der Waals surface area contributed by atoms with E-state index in [-0.39, 0.29) is 23.5 Å². The van der Waals surface area contributed by atoms with E-state index in [2.05, 4.69) is 0 Å². The van der Waals surface area contributed by atoms with Crippen molar-refractivity contribution in [1.82, 2.24) is 0 Å². The summed E-state index contributed by atoms with van der Waals surface area (Å²) in [6.45, 7) is 5.62. The minimum absolute atomic E-state index is 0.0274. The van der Waals surface area contributed by atoms with Gasteiger partial charge in [0.1, 0.15) is 11.5 Å². The van der Waals surface area contributed by atoms with Gasteiger partial charge in [0.2, 0.25) is 0 Å². The number of benzene rings is 3. The molecule has 0 aromatic heterocycles. The zero-order valence-electron chi connectivity index (χ0n) is 20.6. The first-order valence-corrected chi connectivity index (χ1v) is 11.6. The zero-order chi connectivity index (χ0) is 26.0. The topological polar surface area (TPSA) is 93.1 Å². The first kappa shape index (κ1) is 24.7. The fourth-order valence-electron chi connectivity index (χ4n) is 4.33. The van der Waals surface area contributed by atoms with E-state index in [1.807, 2.05) is 26.0 Å². The van der Waals surface area contributed by atoms with E-state index in [9.17, 15) is 19.5 Å². The fraction of sp³-hybridized carbons (Fsp3) is 0.207. The Bertz CT molecular complexity index is 1370. The number of aliphatic hydroxyl groups is 1. The quantitative estimate of drug-likeness (QED) is 0.226. The third-order valence-electron chi connectivity index (χ3n) is 6.16. The van der Waals surface area contributed by atoms with Gasteiger partial charge in [0.25, 0.3) is 11.7 Å². The normalized spacial score (nSPS) is 16.8. The molecule has 0 radical (unpaired) electrons. The second kappa shape index (κ2) is 10.1. The summed E-state index contributed by atoms with van der Waals surface area (Å²) in [5.41, 5.74) is 3.31. The molecule has 4 rings (SSSR count).